The van der Waals surface area contributed by atoms with Crippen molar-refractivity contribution in [1.29, 1.82) is 0 Å². The smallest absolute Gasteiger partial charge is 0.323 e. The summed E-state index contributed by atoms with van der Waals surface area (Å²) in [4.78, 5) is 15.3. The second-order valence-corrected chi connectivity index (χ2v) is 3.67. The Morgan fingerprint density at radius 3 is 2.89 bits per heavy atom. The summed E-state index contributed by atoms with van der Waals surface area (Å²) >= 11 is 0. The zero-order valence-electron chi connectivity index (χ0n) is 10.2. The molecule has 1 aromatic heterocycles. The van der Waals surface area contributed by atoms with Gasteiger partial charge in [0.05, 0.1) is 19.0 Å². The van der Waals surface area contributed by atoms with Gasteiger partial charge in [-0.2, -0.15) is 0 Å². The van der Waals surface area contributed by atoms with Crippen LogP contribution in [-0.4, -0.2) is 18.1 Å². The van der Waals surface area contributed by atoms with E-state index >= 15 is 0 Å². The SMILES string of the molecule is COc1cccc(NC(=O)Nc2ccncc2F)c1. The Morgan fingerprint density at radius 1 is 1.32 bits per heavy atom. The van der Waals surface area contributed by atoms with Crippen LogP contribution in [0.1, 0.15) is 0 Å². The second-order valence-electron chi connectivity index (χ2n) is 3.67. The van der Waals surface area contributed by atoms with Crippen molar-refractivity contribution in [2.45, 2.75) is 0 Å². The number of benzene rings is 1. The van der Waals surface area contributed by atoms with Gasteiger partial charge in [-0.1, -0.05) is 6.07 Å². The van der Waals surface area contributed by atoms with Crippen LogP contribution in [0.5, 0.6) is 5.75 Å². The molecule has 0 unspecified atom stereocenters. The largest absolute Gasteiger partial charge is 0.497 e. The third-order valence-corrected chi connectivity index (χ3v) is 2.35. The van der Waals surface area contributed by atoms with Gasteiger partial charge in [-0.3, -0.25) is 4.98 Å². The van der Waals surface area contributed by atoms with Gasteiger partial charge in [-0.25, -0.2) is 9.18 Å². The van der Waals surface area contributed by atoms with Gasteiger partial charge in [0.1, 0.15) is 5.75 Å². The highest BCUT2D eigenvalue weighted by Gasteiger charge is 2.07. The molecule has 0 radical (unpaired) electrons. The number of nitrogens with zero attached hydrogens (tertiary/aromatic N) is 1. The van der Waals surface area contributed by atoms with Crippen molar-refractivity contribution in [1.82, 2.24) is 4.98 Å². The average Bonchev–Trinajstić information content (AvgIpc) is 2.41. The van der Waals surface area contributed by atoms with Crippen LogP contribution in [-0.2, 0) is 0 Å². The first-order valence-electron chi connectivity index (χ1n) is 5.50. The summed E-state index contributed by atoms with van der Waals surface area (Å²) in [6.45, 7) is 0. The normalized spacial score (nSPS) is 9.79. The molecular weight excluding hydrogens is 249 g/mol. The van der Waals surface area contributed by atoms with E-state index in [1.807, 2.05) is 0 Å². The number of carbonyl (C=O) groups excluding carboxylic acids is 1. The molecule has 5 nitrogen and oxygen atoms in total. The number of aromatic nitrogens is 1. The van der Waals surface area contributed by atoms with Crippen LogP contribution >= 0.6 is 0 Å². The fourth-order valence-corrected chi connectivity index (χ4v) is 1.46. The molecule has 0 atom stereocenters. The minimum atomic E-state index is -0.594. The first kappa shape index (κ1) is 12.8. The lowest BCUT2D eigenvalue weighted by atomic mass is 10.3. The Bertz CT molecular complexity index is 590. The summed E-state index contributed by atoms with van der Waals surface area (Å²) in [6.07, 6.45) is 2.42. The van der Waals surface area contributed by atoms with E-state index in [1.165, 1.54) is 19.4 Å². The average molecular weight is 261 g/mol. The second kappa shape index (κ2) is 5.81. The Labute approximate surface area is 109 Å². The number of anilines is 2. The minimum absolute atomic E-state index is 0.0652. The number of ether oxygens (including phenoxy) is 1. The van der Waals surface area contributed by atoms with Crippen LogP contribution in [0.2, 0.25) is 0 Å². The topological polar surface area (TPSA) is 63.2 Å². The number of pyridine rings is 1. The number of nitrogens with one attached hydrogen (secondary N) is 2. The van der Waals surface area contributed by atoms with E-state index in [4.69, 9.17) is 4.74 Å². The van der Waals surface area contributed by atoms with Crippen molar-refractivity contribution in [2.24, 2.45) is 0 Å². The molecule has 1 aromatic carbocycles. The van der Waals surface area contributed by atoms with Crippen molar-refractivity contribution < 1.29 is 13.9 Å². The van der Waals surface area contributed by atoms with E-state index in [-0.39, 0.29) is 5.69 Å². The molecule has 2 N–H and O–H groups in total. The minimum Gasteiger partial charge on any atom is -0.497 e. The number of rotatable bonds is 3. The lowest BCUT2D eigenvalue weighted by molar-refractivity contribution is 0.262. The molecule has 2 rings (SSSR count). The fourth-order valence-electron chi connectivity index (χ4n) is 1.46. The molecule has 0 saturated carbocycles. The number of methoxy groups -OCH3 is 1. The van der Waals surface area contributed by atoms with Crippen LogP contribution in [0.15, 0.2) is 42.7 Å². The van der Waals surface area contributed by atoms with E-state index in [9.17, 15) is 9.18 Å². The molecule has 2 amide bonds. The third kappa shape index (κ3) is 3.41. The van der Waals surface area contributed by atoms with Crippen molar-refractivity contribution in [3.05, 3.63) is 48.5 Å². The molecule has 0 aliphatic heterocycles. The maximum absolute atomic E-state index is 13.3. The number of amides is 2. The summed E-state index contributed by atoms with van der Waals surface area (Å²) in [5, 5.41) is 4.97. The van der Waals surface area contributed by atoms with Crippen LogP contribution in [0.4, 0.5) is 20.6 Å². The summed E-state index contributed by atoms with van der Waals surface area (Å²) in [7, 11) is 1.53. The van der Waals surface area contributed by atoms with Crippen molar-refractivity contribution in [3.63, 3.8) is 0 Å². The molecule has 0 aliphatic carbocycles. The Morgan fingerprint density at radius 2 is 2.16 bits per heavy atom. The monoisotopic (exact) mass is 261 g/mol. The Kier molecular flexibility index (Phi) is 3.92. The number of hydrogen-bond acceptors (Lipinski definition) is 3. The highest BCUT2D eigenvalue weighted by atomic mass is 19.1. The van der Waals surface area contributed by atoms with Crippen molar-refractivity contribution in [2.75, 3.05) is 17.7 Å². The zero-order chi connectivity index (χ0) is 13.7. The lowest BCUT2D eigenvalue weighted by Crippen LogP contribution is -2.20. The summed E-state index contributed by atoms with van der Waals surface area (Å²) in [5.74, 6) is 0.0242. The summed E-state index contributed by atoms with van der Waals surface area (Å²) in [5.41, 5.74) is 0.613. The molecule has 98 valence electrons. The van der Waals surface area contributed by atoms with E-state index < -0.39 is 11.8 Å². The first-order valence-corrected chi connectivity index (χ1v) is 5.50. The van der Waals surface area contributed by atoms with E-state index in [2.05, 4.69) is 15.6 Å². The van der Waals surface area contributed by atoms with Crippen molar-refractivity contribution >= 4 is 17.4 Å². The molecule has 0 bridgehead atoms. The van der Waals surface area contributed by atoms with Crippen molar-refractivity contribution in [3.8, 4) is 5.75 Å². The van der Waals surface area contributed by atoms with Gasteiger partial charge >= 0.3 is 6.03 Å². The van der Waals surface area contributed by atoms with Crippen LogP contribution in [0.25, 0.3) is 0 Å². The number of urea groups is 1. The lowest BCUT2D eigenvalue weighted by Gasteiger charge is -2.09. The van der Waals surface area contributed by atoms with Gasteiger partial charge in [0, 0.05) is 18.0 Å². The molecule has 0 fully saturated rings. The van der Waals surface area contributed by atoms with E-state index in [0.717, 1.165) is 6.20 Å². The fraction of sp³-hybridized carbons (Fsp3) is 0.0769. The maximum atomic E-state index is 13.3. The standard InChI is InChI=1S/C13H12FN3O2/c1-19-10-4-2-3-9(7-10)16-13(18)17-12-5-6-15-8-11(12)14/h2-8H,1H3,(H2,15,16,17,18). The number of carbonyl (C=O) groups is 1. The van der Waals surface area contributed by atoms with Crippen LogP contribution in [0, 0.1) is 5.82 Å². The molecule has 2 aromatic rings. The molecule has 0 aliphatic rings. The van der Waals surface area contributed by atoms with Gasteiger partial charge in [0.2, 0.25) is 0 Å². The van der Waals surface area contributed by atoms with Gasteiger partial charge in [0.15, 0.2) is 5.82 Å². The zero-order valence-corrected chi connectivity index (χ0v) is 10.2. The molecule has 6 heteroatoms. The van der Waals surface area contributed by atoms with E-state index in [0.29, 0.717) is 11.4 Å². The molecular formula is C13H12FN3O2. The molecule has 0 saturated heterocycles. The predicted octanol–water partition coefficient (Wildman–Crippen LogP) is 2.87. The molecule has 19 heavy (non-hydrogen) atoms. The van der Waals surface area contributed by atoms with Crippen LogP contribution < -0.4 is 15.4 Å². The molecule has 0 spiro atoms. The predicted molar refractivity (Wildman–Crippen MR) is 69.8 cm³/mol. The highest BCUT2D eigenvalue weighted by Crippen LogP contribution is 2.17. The number of halogens is 1. The van der Waals surface area contributed by atoms with Gasteiger partial charge < -0.3 is 15.4 Å². The quantitative estimate of drug-likeness (QED) is 0.893. The Hall–Kier alpha value is -2.63. The maximum Gasteiger partial charge on any atom is 0.323 e. The molecule has 1 heterocycles. The van der Waals surface area contributed by atoms with E-state index in [1.54, 1.807) is 24.3 Å². The number of hydrogen-bond donors (Lipinski definition) is 2. The van der Waals surface area contributed by atoms with Gasteiger partial charge in [-0.05, 0) is 18.2 Å². The Balaban J connectivity index is 2.03. The van der Waals surface area contributed by atoms with Crippen LogP contribution in [0.3, 0.4) is 0 Å². The third-order valence-electron chi connectivity index (χ3n) is 2.35. The first-order chi connectivity index (χ1) is 9.19. The van der Waals surface area contributed by atoms with Gasteiger partial charge in [-0.15, -0.1) is 0 Å². The summed E-state index contributed by atoms with van der Waals surface area (Å²) in [6, 6.07) is 7.68. The summed E-state index contributed by atoms with van der Waals surface area (Å²) < 4.78 is 18.3. The van der Waals surface area contributed by atoms with Gasteiger partial charge in [0.25, 0.3) is 0 Å². The highest BCUT2D eigenvalue weighted by molar-refractivity contribution is 5.99.